The van der Waals surface area contributed by atoms with Crippen LogP contribution >= 0.6 is 0 Å². The van der Waals surface area contributed by atoms with E-state index >= 15 is 0 Å². The molecule has 0 radical (unpaired) electrons. The predicted molar refractivity (Wildman–Crippen MR) is 87.2 cm³/mol. The molecule has 4 atom stereocenters. The molecular weight excluding hydrogens is 306 g/mol. The highest BCUT2D eigenvalue weighted by Gasteiger charge is 2.63. The third-order valence-corrected chi connectivity index (χ3v) is 5.03. The van der Waals surface area contributed by atoms with E-state index in [4.69, 9.17) is 0 Å². The zero-order valence-electron chi connectivity index (χ0n) is 13.2. The van der Waals surface area contributed by atoms with Gasteiger partial charge in [-0.05, 0) is 13.0 Å². The van der Waals surface area contributed by atoms with Crippen LogP contribution in [0.2, 0.25) is 0 Å². The molecule has 24 heavy (non-hydrogen) atoms. The Labute approximate surface area is 139 Å². The molecule has 2 amide bonds. The summed E-state index contributed by atoms with van der Waals surface area (Å²) in [4.78, 5) is 39.8. The second-order valence-electron chi connectivity index (χ2n) is 6.17. The smallest absolute Gasteiger partial charge is 0.235 e. The first-order chi connectivity index (χ1) is 11.6. The van der Waals surface area contributed by atoms with Gasteiger partial charge < -0.3 is 0 Å². The fourth-order valence-corrected chi connectivity index (χ4v) is 3.98. The van der Waals surface area contributed by atoms with E-state index in [9.17, 15) is 14.4 Å². The molecular formula is C18H17N3O3. The van der Waals surface area contributed by atoms with E-state index in [1.807, 2.05) is 12.1 Å². The highest BCUT2D eigenvalue weighted by molar-refractivity contribution is 6.11. The highest BCUT2D eigenvalue weighted by Crippen LogP contribution is 2.44. The average Bonchev–Trinajstić information content (AvgIpc) is 3.08. The number of fused-ring (bicyclic) bond motifs is 3. The van der Waals surface area contributed by atoms with E-state index in [0.717, 1.165) is 0 Å². The largest absolute Gasteiger partial charge is 0.292 e. The van der Waals surface area contributed by atoms with Crippen molar-refractivity contribution in [2.24, 2.45) is 16.9 Å². The third-order valence-electron chi connectivity index (χ3n) is 5.03. The van der Waals surface area contributed by atoms with Crippen LogP contribution in [0.25, 0.3) is 0 Å². The summed E-state index contributed by atoms with van der Waals surface area (Å²) in [7, 11) is 0. The van der Waals surface area contributed by atoms with Crippen molar-refractivity contribution in [1.82, 2.24) is 9.91 Å². The monoisotopic (exact) mass is 323 g/mol. The Hall–Kier alpha value is -2.76. The molecule has 0 spiro atoms. The molecule has 0 aromatic heterocycles. The molecule has 3 aliphatic heterocycles. The van der Waals surface area contributed by atoms with Crippen LogP contribution in [0, 0.1) is 11.8 Å². The van der Waals surface area contributed by atoms with E-state index in [-0.39, 0.29) is 23.6 Å². The summed E-state index contributed by atoms with van der Waals surface area (Å²) in [6.45, 7) is 2.11. The molecule has 2 saturated heterocycles. The molecule has 6 heteroatoms. The lowest BCUT2D eigenvalue weighted by Crippen LogP contribution is -2.45. The first kappa shape index (κ1) is 14.8. The maximum absolute atomic E-state index is 13.1. The van der Waals surface area contributed by atoms with E-state index in [2.05, 4.69) is 5.10 Å². The summed E-state index contributed by atoms with van der Waals surface area (Å²) in [5, 5.41) is 5.93. The van der Waals surface area contributed by atoms with Gasteiger partial charge in [0.2, 0.25) is 11.8 Å². The molecule has 122 valence electrons. The standard InChI is InChI=1S/C18H17N3O3/c1-2-20-17(23)13-12-9-6-10-19-21(12)15(14(13)18(20)24)16(22)11-7-4-3-5-8-11/h3-10,12-15H,2H2,1H3/t12-,13+,14+,15-/m0/s1. The van der Waals surface area contributed by atoms with Crippen LogP contribution in [0.5, 0.6) is 0 Å². The zero-order valence-corrected chi connectivity index (χ0v) is 13.2. The van der Waals surface area contributed by atoms with Gasteiger partial charge in [0, 0.05) is 18.3 Å². The minimum Gasteiger partial charge on any atom is -0.292 e. The maximum atomic E-state index is 13.1. The molecule has 1 aromatic rings. The fourth-order valence-electron chi connectivity index (χ4n) is 3.98. The number of amides is 2. The summed E-state index contributed by atoms with van der Waals surface area (Å²) in [5.41, 5.74) is 0.529. The van der Waals surface area contributed by atoms with Gasteiger partial charge in [-0.1, -0.05) is 36.4 Å². The Kier molecular flexibility index (Phi) is 3.33. The van der Waals surface area contributed by atoms with Crippen LogP contribution in [0.3, 0.4) is 0 Å². The van der Waals surface area contributed by atoms with Crippen molar-refractivity contribution in [2.75, 3.05) is 6.54 Å². The summed E-state index contributed by atoms with van der Waals surface area (Å²) in [5.74, 6) is -1.84. The highest BCUT2D eigenvalue weighted by atomic mass is 16.2. The van der Waals surface area contributed by atoms with Crippen molar-refractivity contribution in [1.29, 1.82) is 0 Å². The van der Waals surface area contributed by atoms with Gasteiger partial charge in [0.15, 0.2) is 5.78 Å². The number of rotatable bonds is 3. The molecule has 0 N–H and O–H groups in total. The van der Waals surface area contributed by atoms with E-state index in [1.165, 1.54) is 4.90 Å². The predicted octanol–water partition coefficient (Wildman–Crippen LogP) is 1.10. The molecule has 1 aromatic carbocycles. The Bertz CT molecular complexity index is 771. The van der Waals surface area contributed by atoms with Crippen LogP contribution in [0.15, 0.2) is 47.6 Å². The quantitative estimate of drug-likeness (QED) is 0.617. The van der Waals surface area contributed by atoms with Crippen LogP contribution in [0.4, 0.5) is 0 Å². The number of hydrazone groups is 1. The number of hydrogen-bond acceptors (Lipinski definition) is 5. The number of carbonyl (C=O) groups is 3. The average molecular weight is 323 g/mol. The number of nitrogens with zero attached hydrogens (tertiary/aromatic N) is 3. The molecule has 3 heterocycles. The number of hydrogen-bond donors (Lipinski definition) is 0. The van der Waals surface area contributed by atoms with Gasteiger partial charge in [-0.2, -0.15) is 5.10 Å². The first-order valence-electron chi connectivity index (χ1n) is 8.08. The molecule has 0 unspecified atom stereocenters. The van der Waals surface area contributed by atoms with Crippen molar-refractivity contribution >= 4 is 23.8 Å². The van der Waals surface area contributed by atoms with E-state index in [1.54, 1.807) is 48.5 Å². The minimum absolute atomic E-state index is 0.167. The molecule has 3 aliphatic rings. The van der Waals surface area contributed by atoms with E-state index < -0.39 is 17.9 Å². The molecule has 2 fully saturated rings. The number of ketones is 1. The minimum atomic E-state index is -0.739. The van der Waals surface area contributed by atoms with Crippen molar-refractivity contribution in [3.05, 3.63) is 48.0 Å². The SMILES string of the molecule is CCN1C(=O)[C@@H]2[C@H](C1=O)[C@@H]1C=CC=NN1[C@@H]2C(=O)c1ccccc1. The topological polar surface area (TPSA) is 70.1 Å². The lowest BCUT2D eigenvalue weighted by atomic mass is 9.86. The molecule has 0 aliphatic carbocycles. The van der Waals surface area contributed by atoms with Gasteiger partial charge in [0.1, 0.15) is 6.04 Å². The zero-order chi connectivity index (χ0) is 16.8. The molecule has 6 nitrogen and oxygen atoms in total. The molecule has 4 rings (SSSR count). The van der Waals surface area contributed by atoms with Crippen LogP contribution in [0.1, 0.15) is 17.3 Å². The summed E-state index contributed by atoms with van der Waals surface area (Å²) >= 11 is 0. The van der Waals surface area contributed by atoms with Crippen LogP contribution < -0.4 is 0 Å². The summed E-state index contributed by atoms with van der Waals surface area (Å²) < 4.78 is 0. The Balaban J connectivity index is 1.79. The van der Waals surface area contributed by atoms with Gasteiger partial charge in [-0.15, -0.1) is 0 Å². The lowest BCUT2D eigenvalue weighted by molar-refractivity contribution is -0.141. The van der Waals surface area contributed by atoms with Gasteiger partial charge in [0.05, 0.1) is 17.9 Å². The number of carbonyl (C=O) groups excluding carboxylic acids is 3. The summed E-state index contributed by atoms with van der Waals surface area (Å²) in [6.07, 6.45) is 5.21. The second-order valence-corrected chi connectivity index (χ2v) is 6.17. The number of allylic oxidation sites excluding steroid dienone is 1. The van der Waals surface area contributed by atoms with Gasteiger partial charge >= 0.3 is 0 Å². The second kappa shape index (κ2) is 5.40. The lowest BCUT2D eigenvalue weighted by Gasteiger charge is -2.30. The Morgan fingerprint density at radius 3 is 2.54 bits per heavy atom. The Morgan fingerprint density at radius 2 is 1.83 bits per heavy atom. The first-order valence-corrected chi connectivity index (χ1v) is 8.08. The number of benzene rings is 1. The molecule has 0 bridgehead atoms. The van der Waals surface area contributed by atoms with Crippen LogP contribution in [-0.4, -0.2) is 52.3 Å². The number of Topliss-reactive ketones (excluding diaryl/α,β-unsaturated/α-hetero) is 1. The van der Waals surface area contributed by atoms with Crippen molar-refractivity contribution in [3.63, 3.8) is 0 Å². The van der Waals surface area contributed by atoms with Gasteiger partial charge in [0.25, 0.3) is 0 Å². The Morgan fingerprint density at radius 1 is 1.12 bits per heavy atom. The van der Waals surface area contributed by atoms with Crippen molar-refractivity contribution < 1.29 is 14.4 Å². The van der Waals surface area contributed by atoms with Gasteiger partial charge in [-0.3, -0.25) is 24.3 Å². The van der Waals surface area contributed by atoms with E-state index in [0.29, 0.717) is 12.1 Å². The summed E-state index contributed by atoms with van der Waals surface area (Å²) in [6, 6.07) is 7.79. The van der Waals surface area contributed by atoms with Gasteiger partial charge in [-0.25, -0.2) is 0 Å². The normalized spacial score (nSPS) is 30.7. The fraction of sp³-hybridized carbons (Fsp3) is 0.333. The number of imide groups is 1. The van der Waals surface area contributed by atoms with Crippen LogP contribution in [-0.2, 0) is 9.59 Å². The third kappa shape index (κ3) is 1.89. The van der Waals surface area contributed by atoms with Crippen molar-refractivity contribution in [3.8, 4) is 0 Å². The molecule has 0 saturated carbocycles. The number of likely N-dealkylation sites (tertiary alicyclic amines) is 1. The maximum Gasteiger partial charge on any atom is 0.235 e. The van der Waals surface area contributed by atoms with Crippen molar-refractivity contribution in [2.45, 2.75) is 19.0 Å².